The first-order valence-electron chi connectivity index (χ1n) is 10.1. The van der Waals surface area contributed by atoms with E-state index in [9.17, 15) is 13.6 Å². The van der Waals surface area contributed by atoms with Gasteiger partial charge in [0, 0.05) is 5.82 Å². The zero-order valence-corrected chi connectivity index (χ0v) is 22.6. The van der Waals surface area contributed by atoms with Crippen LogP contribution >= 0.6 is 17.0 Å². The van der Waals surface area contributed by atoms with Crippen LogP contribution in [-0.2, 0) is 5.60 Å². The molecule has 1 amide bonds. The summed E-state index contributed by atoms with van der Waals surface area (Å²) in [7, 11) is 0. The topological polar surface area (TPSA) is 49.8 Å². The number of hydrogen-bond donors (Lipinski definition) is 1. The molecule has 178 valence electrons. The maximum atomic E-state index is 13.1. The Kier molecular flexibility index (Phi) is 14.7. The number of hydrogen-bond acceptors (Lipinski definition) is 2. The minimum absolute atomic E-state index is 0. The van der Waals surface area contributed by atoms with Crippen LogP contribution in [0.1, 0.15) is 26.3 Å². The molecule has 0 radical (unpaired) electrons. The number of carboxylic acid groups (broad SMARTS) is 1. The van der Waals surface area contributed by atoms with E-state index < -0.39 is 11.7 Å². The maximum absolute atomic E-state index is 13.1. The van der Waals surface area contributed by atoms with E-state index in [1.807, 2.05) is 30.3 Å². The van der Waals surface area contributed by atoms with Crippen molar-refractivity contribution in [1.29, 1.82) is 0 Å². The number of ether oxygens (including phenoxy) is 1. The quantitative estimate of drug-likeness (QED) is 0.301. The van der Waals surface area contributed by atoms with Crippen molar-refractivity contribution < 1.29 is 23.4 Å². The predicted octanol–water partition coefficient (Wildman–Crippen LogP) is 6.54. The van der Waals surface area contributed by atoms with E-state index >= 15 is 0 Å². The van der Waals surface area contributed by atoms with Gasteiger partial charge >= 0.3 is 29.1 Å². The second kappa shape index (κ2) is 15.7. The summed E-state index contributed by atoms with van der Waals surface area (Å²) >= 11 is 0. The first-order chi connectivity index (χ1) is 15.2. The first kappa shape index (κ1) is 31.8. The van der Waals surface area contributed by atoms with Crippen LogP contribution < -0.4 is 4.74 Å². The fraction of sp³-hybridized carbons (Fsp3) is 0.231. The van der Waals surface area contributed by atoms with Gasteiger partial charge < -0.3 is 15.8 Å². The Labute approximate surface area is 226 Å². The first-order valence-corrected chi connectivity index (χ1v) is 10.1. The van der Waals surface area contributed by atoms with Crippen molar-refractivity contribution in [3.05, 3.63) is 108 Å². The molecular formula is C26H28BrF2MgNO3. The molecule has 34 heavy (non-hydrogen) atoms. The number of nitrogens with zero attached hydrogens (tertiary/aromatic N) is 1. The van der Waals surface area contributed by atoms with E-state index in [0.717, 1.165) is 5.56 Å². The molecule has 0 spiro atoms. The van der Waals surface area contributed by atoms with Gasteiger partial charge in [0.1, 0.15) is 11.6 Å². The SMILES string of the molecule is Br.C[C-](C)C.Fc1cc[c-]cc1.O=C(O)N1CC(Oc2ccccc2)(c2ccc(F)cc2)C1.[Mg+2]. The van der Waals surface area contributed by atoms with Crippen molar-refractivity contribution in [1.82, 2.24) is 4.90 Å². The summed E-state index contributed by atoms with van der Waals surface area (Å²) in [6, 6.07) is 23.7. The minimum atomic E-state index is -0.982. The van der Waals surface area contributed by atoms with Crippen LogP contribution in [0.5, 0.6) is 5.75 Å². The Bertz CT molecular complexity index is 952. The number of likely N-dealkylation sites (tertiary alicyclic amines) is 1. The summed E-state index contributed by atoms with van der Waals surface area (Å²) < 4.78 is 31.0. The molecule has 0 saturated carbocycles. The third-order valence-corrected chi connectivity index (χ3v) is 4.27. The van der Waals surface area contributed by atoms with Crippen LogP contribution in [0.2, 0.25) is 0 Å². The molecule has 4 nitrogen and oxygen atoms in total. The molecule has 0 atom stereocenters. The van der Waals surface area contributed by atoms with E-state index in [1.54, 1.807) is 12.1 Å². The van der Waals surface area contributed by atoms with Crippen LogP contribution in [0.3, 0.4) is 0 Å². The van der Waals surface area contributed by atoms with Gasteiger partial charge in [-0.15, -0.1) is 29.1 Å². The van der Waals surface area contributed by atoms with E-state index in [-0.39, 0.29) is 64.8 Å². The Morgan fingerprint density at radius 1 is 0.941 bits per heavy atom. The van der Waals surface area contributed by atoms with Gasteiger partial charge in [0.15, 0.2) is 5.60 Å². The number of para-hydroxylation sites is 1. The summed E-state index contributed by atoms with van der Waals surface area (Å²) in [6.45, 7) is 6.70. The van der Waals surface area contributed by atoms with Gasteiger partial charge in [0.2, 0.25) is 0 Å². The van der Waals surface area contributed by atoms with Gasteiger partial charge in [-0.25, -0.2) is 13.6 Å². The molecule has 1 aliphatic heterocycles. The van der Waals surface area contributed by atoms with Crippen LogP contribution in [0.4, 0.5) is 13.6 Å². The van der Waals surface area contributed by atoms with E-state index in [1.165, 1.54) is 47.2 Å². The summed E-state index contributed by atoms with van der Waals surface area (Å²) in [6.07, 6.45) is -0.982. The molecule has 8 heteroatoms. The molecule has 0 aliphatic carbocycles. The number of halogens is 3. The van der Waals surface area contributed by atoms with Crippen molar-refractivity contribution in [2.24, 2.45) is 0 Å². The number of rotatable bonds is 3. The largest absolute Gasteiger partial charge is 2.00 e. The molecular weight excluding hydrogens is 516 g/mol. The maximum Gasteiger partial charge on any atom is 2.00 e. The standard InChI is InChI=1S/C16H14FNO3.C6H4F.C4H9.BrH.Mg/c17-13-8-6-12(7-9-13)16(10-18(11-16)15(19)20)21-14-4-2-1-3-5-14;7-6-4-2-1-3-5-6;1-4(2)3;;/h1-9H,10-11H2,(H,19,20);2-5H;1-3H3;1H;/q;2*-1;;+2. The van der Waals surface area contributed by atoms with Crippen molar-refractivity contribution in [3.8, 4) is 5.75 Å². The molecule has 3 aromatic carbocycles. The fourth-order valence-electron chi connectivity index (χ4n) is 2.85. The van der Waals surface area contributed by atoms with Crippen LogP contribution in [-0.4, -0.2) is 52.2 Å². The molecule has 1 fully saturated rings. The third-order valence-electron chi connectivity index (χ3n) is 4.27. The van der Waals surface area contributed by atoms with Crippen LogP contribution in [0, 0.1) is 23.6 Å². The van der Waals surface area contributed by atoms with E-state index in [4.69, 9.17) is 9.84 Å². The van der Waals surface area contributed by atoms with E-state index in [0.29, 0.717) is 5.75 Å². The predicted molar refractivity (Wildman–Crippen MR) is 136 cm³/mol. The van der Waals surface area contributed by atoms with Gasteiger partial charge in [-0.2, -0.15) is 39.0 Å². The Hall–Kier alpha value is -2.16. The third kappa shape index (κ3) is 10.4. The van der Waals surface area contributed by atoms with Crippen molar-refractivity contribution in [2.75, 3.05) is 13.1 Å². The van der Waals surface area contributed by atoms with Gasteiger partial charge in [0.25, 0.3) is 0 Å². The fourth-order valence-corrected chi connectivity index (χ4v) is 2.85. The van der Waals surface area contributed by atoms with Crippen molar-refractivity contribution in [2.45, 2.75) is 26.4 Å². The Morgan fingerprint density at radius 2 is 1.41 bits per heavy atom. The second-order valence-corrected chi connectivity index (χ2v) is 7.77. The average Bonchev–Trinajstić information content (AvgIpc) is 2.72. The molecule has 1 N–H and O–H groups in total. The van der Waals surface area contributed by atoms with Crippen LogP contribution in [0.25, 0.3) is 0 Å². The number of benzene rings is 3. The zero-order valence-electron chi connectivity index (χ0n) is 19.5. The van der Waals surface area contributed by atoms with Gasteiger partial charge in [-0.1, -0.05) is 30.3 Å². The molecule has 1 saturated heterocycles. The zero-order chi connectivity index (χ0) is 23.6. The Morgan fingerprint density at radius 3 is 1.82 bits per heavy atom. The molecule has 3 aromatic rings. The molecule has 0 unspecified atom stereocenters. The summed E-state index contributed by atoms with van der Waals surface area (Å²) in [5.41, 5.74) is 0.0122. The van der Waals surface area contributed by atoms with Crippen LogP contribution in [0.15, 0.2) is 78.9 Å². The molecule has 1 aliphatic rings. The smallest absolute Gasteiger partial charge is 0.479 e. The summed E-state index contributed by atoms with van der Waals surface area (Å²) in [5.74, 6) is 1.54. The van der Waals surface area contributed by atoms with Gasteiger partial charge in [0.05, 0.1) is 13.1 Å². The molecule has 0 aromatic heterocycles. The monoisotopic (exact) mass is 543 g/mol. The number of amides is 1. The summed E-state index contributed by atoms with van der Waals surface area (Å²) in [5, 5.41) is 9.03. The Balaban J connectivity index is 0.000000702. The van der Waals surface area contributed by atoms with Gasteiger partial charge in [-0.05, 0) is 29.8 Å². The molecule has 4 rings (SSSR count). The number of carbonyl (C=O) groups is 1. The van der Waals surface area contributed by atoms with E-state index in [2.05, 4.69) is 26.8 Å². The van der Waals surface area contributed by atoms with Gasteiger partial charge in [-0.3, -0.25) is 4.90 Å². The molecule has 0 bridgehead atoms. The second-order valence-electron chi connectivity index (χ2n) is 7.77. The summed E-state index contributed by atoms with van der Waals surface area (Å²) in [4.78, 5) is 12.3. The molecule has 1 heterocycles. The normalized spacial score (nSPS) is 12.8. The minimum Gasteiger partial charge on any atom is -0.479 e. The van der Waals surface area contributed by atoms with Crippen molar-refractivity contribution in [3.63, 3.8) is 0 Å². The average molecular weight is 545 g/mol. The van der Waals surface area contributed by atoms with Crippen molar-refractivity contribution >= 4 is 46.1 Å².